The summed E-state index contributed by atoms with van der Waals surface area (Å²) < 4.78 is 183. The summed E-state index contributed by atoms with van der Waals surface area (Å²) in [4.78, 5) is 0. The van der Waals surface area contributed by atoms with E-state index >= 15 is 0 Å². The summed E-state index contributed by atoms with van der Waals surface area (Å²) in [7, 11) is 0.656. The van der Waals surface area contributed by atoms with Crippen LogP contribution in [0.3, 0.4) is 0 Å². The Morgan fingerprint density at radius 2 is 1.21 bits per heavy atom. The van der Waals surface area contributed by atoms with E-state index in [2.05, 4.69) is 4.74 Å². The molecular weight excluding hydrogens is 507 g/mol. The summed E-state index contributed by atoms with van der Waals surface area (Å²) >= 11 is 0. The van der Waals surface area contributed by atoms with Gasteiger partial charge in [0.05, 0.1) is 12.2 Å². The first-order valence-corrected chi connectivity index (χ1v) is 9.36. The van der Waals surface area contributed by atoms with Crippen molar-refractivity contribution in [2.24, 2.45) is 0 Å². The molecule has 0 fully saturated rings. The number of benzene rings is 1. The lowest BCUT2D eigenvalue weighted by Crippen LogP contribution is -2.70. The minimum atomic E-state index is -7.94. The summed E-state index contributed by atoms with van der Waals surface area (Å²) in [6.07, 6.45) is -12.4. The molecular formula is C19H19F13O2. The fourth-order valence-corrected chi connectivity index (χ4v) is 2.64. The van der Waals surface area contributed by atoms with E-state index in [1.807, 2.05) is 0 Å². The van der Waals surface area contributed by atoms with Crippen LogP contribution < -0.4 is 4.74 Å². The smallest absolute Gasteiger partial charge is 0.460 e. The SMILES string of the molecule is CCC(C)Oc1ccccc1C(CC(F)(F)C(F)(F)C(F)(F)C(F)(F)C(F)(F)C(F)(F)F)OC. The molecule has 0 aliphatic carbocycles. The van der Waals surface area contributed by atoms with Gasteiger partial charge in [-0.15, -0.1) is 0 Å². The number of rotatable bonds is 11. The van der Waals surface area contributed by atoms with Gasteiger partial charge < -0.3 is 9.47 Å². The molecule has 0 amide bonds. The summed E-state index contributed by atoms with van der Waals surface area (Å²) in [5.74, 6) is -37.4. The second-order valence-electron chi connectivity index (χ2n) is 7.30. The van der Waals surface area contributed by atoms with Gasteiger partial charge in [-0.25, -0.2) is 0 Å². The molecule has 0 aliphatic heterocycles. The van der Waals surface area contributed by atoms with E-state index in [0.717, 1.165) is 12.1 Å². The fourth-order valence-electron chi connectivity index (χ4n) is 2.64. The van der Waals surface area contributed by atoms with Crippen molar-refractivity contribution in [2.75, 3.05) is 7.11 Å². The highest BCUT2D eigenvalue weighted by molar-refractivity contribution is 5.36. The van der Waals surface area contributed by atoms with Crippen molar-refractivity contribution in [1.82, 2.24) is 0 Å². The largest absolute Gasteiger partial charge is 0.490 e. The van der Waals surface area contributed by atoms with Gasteiger partial charge in [0.1, 0.15) is 5.75 Å². The first-order chi connectivity index (χ1) is 15.1. The Hall–Kier alpha value is -1.93. The van der Waals surface area contributed by atoms with Crippen LogP contribution in [0.2, 0.25) is 0 Å². The molecule has 0 saturated carbocycles. The van der Waals surface area contributed by atoms with Gasteiger partial charge >= 0.3 is 35.8 Å². The Labute approximate surface area is 185 Å². The van der Waals surface area contributed by atoms with Crippen LogP contribution in [0.4, 0.5) is 57.1 Å². The summed E-state index contributed by atoms with van der Waals surface area (Å²) in [6, 6.07) is 4.64. The Bertz CT molecular complexity index is 821. The van der Waals surface area contributed by atoms with Crippen LogP contribution in [-0.4, -0.2) is 49.0 Å². The molecule has 2 nitrogen and oxygen atoms in total. The monoisotopic (exact) mass is 526 g/mol. The number of ether oxygens (including phenoxy) is 2. The van der Waals surface area contributed by atoms with E-state index in [0.29, 0.717) is 13.5 Å². The first kappa shape index (κ1) is 30.1. The second-order valence-corrected chi connectivity index (χ2v) is 7.30. The zero-order valence-electron chi connectivity index (χ0n) is 17.6. The van der Waals surface area contributed by atoms with Crippen molar-refractivity contribution < 1.29 is 66.5 Å². The maximum atomic E-state index is 14.3. The lowest BCUT2D eigenvalue weighted by atomic mass is 9.90. The second kappa shape index (κ2) is 9.61. The average molecular weight is 526 g/mol. The van der Waals surface area contributed by atoms with Crippen molar-refractivity contribution in [3.05, 3.63) is 29.8 Å². The molecule has 0 bridgehead atoms. The molecule has 0 aromatic heterocycles. The third-order valence-electron chi connectivity index (χ3n) is 4.89. The van der Waals surface area contributed by atoms with Crippen LogP contribution in [0.5, 0.6) is 5.75 Å². The molecule has 1 aromatic rings. The molecule has 2 unspecified atom stereocenters. The quantitative estimate of drug-likeness (QED) is 0.276. The average Bonchev–Trinajstić information content (AvgIpc) is 2.71. The Balaban J connectivity index is 3.45. The molecule has 0 N–H and O–H groups in total. The zero-order chi connectivity index (χ0) is 27.0. The standard InChI is InChI=1S/C19H19F13O2/c1-4-10(2)34-12-8-6-5-7-11(12)13(33-3)9-14(20,21)15(22,23)16(24,25)17(26,27)18(28,29)19(30,31)32/h5-8,10,13H,4,9H2,1-3H3. The summed E-state index contributed by atoms with van der Waals surface area (Å²) in [5.41, 5.74) is -0.420. The molecule has 0 aliphatic rings. The van der Waals surface area contributed by atoms with Gasteiger partial charge in [0.2, 0.25) is 0 Å². The summed E-state index contributed by atoms with van der Waals surface area (Å²) in [5, 5.41) is 0. The number of halogens is 13. The van der Waals surface area contributed by atoms with Crippen LogP contribution in [0, 0.1) is 0 Å². The van der Waals surface area contributed by atoms with Crippen molar-refractivity contribution in [3.63, 3.8) is 0 Å². The van der Waals surface area contributed by atoms with Crippen LogP contribution in [0.15, 0.2) is 24.3 Å². The maximum absolute atomic E-state index is 14.3. The highest BCUT2D eigenvalue weighted by atomic mass is 19.4. The molecule has 0 heterocycles. The minimum Gasteiger partial charge on any atom is -0.490 e. The van der Waals surface area contributed by atoms with Gasteiger partial charge in [-0.1, -0.05) is 25.1 Å². The lowest BCUT2D eigenvalue weighted by molar-refractivity contribution is -0.440. The molecule has 34 heavy (non-hydrogen) atoms. The van der Waals surface area contributed by atoms with Crippen LogP contribution in [0.25, 0.3) is 0 Å². The number of hydrogen-bond donors (Lipinski definition) is 0. The summed E-state index contributed by atoms with van der Waals surface area (Å²) in [6.45, 7) is 3.17. The Kier molecular flexibility index (Phi) is 8.51. The molecule has 0 spiro atoms. The third-order valence-corrected chi connectivity index (χ3v) is 4.89. The third kappa shape index (κ3) is 5.03. The molecule has 198 valence electrons. The van der Waals surface area contributed by atoms with E-state index in [4.69, 9.17) is 4.74 Å². The number of para-hydroxylation sites is 1. The van der Waals surface area contributed by atoms with E-state index in [1.165, 1.54) is 19.1 Å². The van der Waals surface area contributed by atoms with E-state index in [-0.39, 0.29) is 5.75 Å². The topological polar surface area (TPSA) is 18.5 Å². The van der Waals surface area contributed by atoms with Crippen LogP contribution >= 0.6 is 0 Å². The van der Waals surface area contributed by atoms with Gasteiger partial charge in [-0.05, 0) is 19.4 Å². The molecule has 0 radical (unpaired) electrons. The molecule has 0 saturated heterocycles. The predicted molar refractivity (Wildman–Crippen MR) is 92.0 cm³/mol. The van der Waals surface area contributed by atoms with Crippen molar-refractivity contribution in [2.45, 2.75) is 74.7 Å². The maximum Gasteiger partial charge on any atom is 0.460 e. The molecule has 15 heteroatoms. The Morgan fingerprint density at radius 3 is 1.65 bits per heavy atom. The number of hydrogen-bond acceptors (Lipinski definition) is 2. The van der Waals surface area contributed by atoms with Crippen molar-refractivity contribution in [3.8, 4) is 5.75 Å². The first-order valence-electron chi connectivity index (χ1n) is 9.36. The minimum absolute atomic E-state index is 0.233. The molecule has 2 atom stereocenters. The highest BCUT2D eigenvalue weighted by Gasteiger charge is 2.90. The van der Waals surface area contributed by atoms with E-state index in [9.17, 15) is 57.1 Å². The fraction of sp³-hybridized carbons (Fsp3) is 0.684. The normalized spacial score (nSPS) is 16.4. The molecule has 1 rings (SSSR count). The van der Waals surface area contributed by atoms with Gasteiger partial charge in [0.15, 0.2) is 0 Å². The lowest BCUT2D eigenvalue weighted by Gasteiger charge is -2.40. The van der Waals surface area contributed by atoms with E-state index in [1.54, 1.807) is 6.92 Å². The van der Waals surface area contributed by atoms with Gasteiger partial charge in [0.25, 0.3) is 0 Å². The van der Waals surface area contributed by atoms with Crippen LogP contribution in [-0.2, 0) is 4.74 Å². The number of alkyl halides is 13. The van der Waals surface area contributed by atoms with Gasteiger partial charge in [-0.2, -0.15) is 57.1 Å². The highest BCUT2D eigenvalue weighted by Crippen LogP contribution is 2.61. The van der Waals surface area contributed by atoms with Crippen molar-refractivity contribution in [1.29, 1.82) is 0 Å². The van der Waals surface area contributed by atoms with Crippen molar-refractivity contribution >= 4 is 0 Å². The van der Waals surface area contributed by atoms with Crippen LogP contribution in [0.1, 0.15) is 38.4 Å². The van der Waals surface area contributed by atoms with Gasteiger partial charge in [0, 0.05) is 19.1 Å². The molecule has 1 aromatic carbocycles. The van der Waals surface area contributed by atoms with E-state index < -0.39 is 60.0 Å². The zero-order valence-corrected chi connectivity index (χ0v) is 17.6. The number of methoxy groups -OCH3 is 1. The van der Waals surface area contributed by atoms with Gasteiger partial charge in [-0.3, -0.25) is 0 Å². The predicted octanol–water partition coefficient (Wildman–Crippen LogP) is 7.68. The Morgan fingerprint density at radius 1 is 0.735 bits per heavy atom.